The summed E-state index contributed by atoms with van der Waals surface area (Å²) in [4.78, 5) is 55.6. The van der Waals surface area contributed by atoms with Crippen molar-refractivity contribution in [1.29, 1.82) is 0 Å². The van der Waals surface area contributed by atoms with Gasteiger partial charge in [-0.05, 0) is 43.4 Å². The topological polar surface area (TPSA) is 226 Å². The van der Waals surface area contributed by atoms with Crippen LogP contribution in [0, 0.1) is 0 Å². The van der Waals surface area contributed by atoms with E-state index in [-0.39, 0.29) is 30.4 Å². The maximum atomic E-state index is 13.2. The van der Waals surface area contributed by atoms with E-state index in [1.807, 2.05) is 0 Å². The van der Waals surface area contributed by atoms with Gasteiger partial charge in [-0.1, -0.05) is 12.1 Å². The van der Waals surface area contributed by atoms with Crippen LogP contribution in [0.5, 0.6) is 5.75 Å². The summed E-state index contributed by atoms with van der Waals surface area (Å²) in [6, 6.07) is 1.96. The number of nitrogens with zero attached hydrogens (tertiary/aromatic N) is 2. The van der Waals surface area contributed by atoms with Crippen molar-refractivity contribution in [1.82, 2.24) is 15.5 Å². The quantitative estimate of drug-likeness (QED) is 0.0619. The molecular weight excluding hydrogens is 502 g/mol. The summed E-state index contributed by atoms with van der Waals surface area (Å²) in [5.74, 6) is -2.91. The summed E-state index contributed by atoms with van der Waals surface area (Å²) in [6.07, 6.45) is 1.65. The number of carboxylic acid groups (broad SMARTS) is 1. The molecule has 1 fully saturated rings. The molecule has 1 aliphatic heterocycles. The van der Waals surface area contributed by atoms with E-state index in [0.29, 0.717) is 37.8 Å². The largest absolute Gasteiger partial charge is 0.508 e. The van der Waals surface area contributed by atoms with Crippen LogP contribution in [-0.2, 0) is 25.6 Å². The van der Waals surface area contributed by atoms with E-state index >= 15 is 0 Å². The Morgan fingerprint density at radius 3 is 2.41 bits per heavy atom. The van der Waals surface area contributed by atoms with Crippen molar-refractivity contribution in [3.63, 3.8) is 0 Å². The normalized spacial score (nSPS) is 17.4. The Morgan fingerprint density at radius 1 is 1.14 bits per heavy atom. The SMILES string of the molecule is NC(N)=NCCCC(N)C(=O)NC(CS)C(=O)N1CCCC1C(=O)NC(Cc1ccc(O)cc1)C(=O)O. The van der Waals surface area contributed by atoms with Crippen molar-refractivity contribution in [2.24, 2.45) is 22.2 Å². The lowest BCUT2D eigenvalue weighted by Gasteiger charge is -2.29. The number of phenolic OH excluding ortho intramolecular Hbond substituents is 1. The van der Waals surface area contributed by atoms with Crippen molar-refractivity contribution < 1.29 is 29.4 Å². The Bertz CT molecular complexity index is 986. The number of hydrogen-bond acceptors (Lipinski definition) is 8. The van der Waals surface area contributed by atoms with Crippen LogP contribution in [0.4, 0.5) is 0 Å². The molecule has 10 N–H and O–H groups in total. The molecule has 0 aromatic heterocycles. The van der Waals surface area contributed by atoms with Gasteiger partial charge in [0.05, 0.1) is 6.04 Å². The second-order valence-corrected chi connectivity index (χ2v) is 9.12. The molecule has 37 heavy (non-hydrogen) atoms. The number of aromatic hydroxyl groups is 1. The molecule has 4 unspecified atom stereocenters. The van der Waals surface area contributed by atoms with Crippen LogP contribution in [-0.4, -0.2) is 87.8 Å². The Kier molecular flexibility index (Phi) is 11.5. The fourth-order valence-corrected chi connectivity index (χ4v) is 4.20. The molecule has 4 atom stereocenters. The number of hydrogen-bond donors (Lipinski definition) is 8. The summed E-state index contributed by atoms with van der Waals surface area (Å²) in [6.45, 7) is 0.588. The number of aliphatic carboxylic acids is 1. The number of likely N-dealkylation sites (tertiary alicyclic amines) is 1. The van der Waals surface area contributed by atoms with Crippen LogP contribution in [0.15, 0.2) is 29.3 Å². The van der Waals surface area contributed by atoms with Crippen molar-refractivity contribution >= 4 is 42.3 Å². The third kappa shape index (κ3) is 9.13. The number of rotatable bonds is 13. The molecule has 0 saturated carbocycles. The van der Waals surface area contributed by atoms with Gasteiger partial charge in [0.25, 0.3) is 0 Å². The predicted octanol–water partition coefficient (Wildman–Crippen LogP) is -1.71. The van der Waals surface area contributed by atoms with Crippen LogP contribution < -0.4 is 27.8 Å². The van der Waals surface area contributed by atoms with Gasteiger partial charge < -0.3 is 42.9 Å². The number of nitrogens with two attached hydrogens (primary N) is 3. The van der Waals surface area contributed by atoms with Gasteiger partial charge in [0.2, 0.25) is 17.7 Å². The zero-order valence-electron chi connectivity index (χ0n) is 20.4. The molecule has 13 nitrogen and oxygen atoms in total. The van der Waals surface area contributed by atoms with E-state index in [2.05, 4.69) is 28.3 Å². The van der Waals surface area contributed by atoms with Crippen LogP contribution in [0.2, 0.25) is 0 Å². The lowest BCUT2D eigenvalue weighted by Crippen LogP contribution is -2.57. The van der Waals surface area contributed by atoms with Gasteiger partial charge in [-0.25, -0.2) is 4.79 Å². The number of phenols is 1. The number of guanidine groups is 1. The maximum absolute atomic E-state index is 13.2. The van der Waals surface area contributed by atoms with Crippen LogP contribution in [0.3, 0.4) is 0 Å². The third-order valence-corrected chi connectivity index (χ3v) is 6.30. The molecule has 1 aliphatic rings. The van der Waals surface area contributed by atoms with Gasteiger partial charge in [-0.15, -0.1) is 0 Å². The highest BCUT2D eigenvalue weighted by molar-refractivity contribution is 7.80. The molecule has 1 aromatic rings. The number of carboxylic acids is 1. The van der Waals surface area contributed by atoms with Crippen molar-refractivity contribution in [3.05, 3.63) is 29.8 Å². The highest BCUT2D eigenvalue weighted by Gasteiger charge is 2.38. The maximum Gasteiger partial charge on any atom is 0.326 e. The minimum Gasteiger partial charge on any atom is -0.508 e. The van der Waals surface area contributed by atoms with E-state index in [0.717, 1.165) is 0 Å². The minimum atomic E-state index is -1.23. The van der Waals surface area contributed by atoms with Crippen LogP contribution in [0.25, 0.3) is 0 Å². The third-order valence-electron chi connectivity index (χ3n) is 5.93. The fraction of sp³-hybridized carbons (Fsp3) is 0.522. The van der Waals surface area contributed by atoms with Gasteiger partial charge in [-0.2, -0.15) is 12.6 Å². The van der Waals surface area contributed by atoms with E-state index in [9.17, 15) is 29.4 Å². The Labute approximate surface area is 220 Å². The van der Waals surface area contributed by atoms with Gasteiger partial charge >= 0.3 is 5.97 Å². The van der Waals surface area contributed by atoms with Gasteiger partial charge in [0.1, 0.15) is 23.9 Å². The first-order valence-electron chi connectivity index (χ1n) is 11.9. The van der Waals surface area contributed by atoms with E-state index in [1.165, 1.54) is 17.0 Å². The number of thiol groups is 1. The average molecular weight is 538 g/mol. The van der Waals surface area contributed by atoms with Crippen LogP contribution in [0.1, 0.15) is 31.2 Å². The zero-order chi connectivity index (χ0) is 27.5. The molecule has 3 amide bonds. The first-order valence-corrected chi connectivity index (χ1v) is 12.5. The number of benzene rings is 1. The van der Waals surface area contributed by atoms with Crippen molar-refractivity contribution in [3.8, 4) is 5.75 Å². The number of aliphatic imine (C=N–C) groups is 1. The zero-order valence-corrected chi connectivity index (χ0v) is 21.3. The molecule has 1 aromatic carbocycles. The smallest absolute Gasteiger partial charge is 0.326 e. The Morgan fingerprint density at radius 2 is 1.81 bits per heavy atom. The molecule has 1 heterocycles. The van der Waals surface area contributed by atoms with Gasteiger partial charge in [0, 0.05) is 25.3 Å². The average Bonchev–Trinajstić information content (AvgIpc) is 3.35. The molecule has 0 aliphatic carbocycles. The lowest BCUT2D eigenvalue weighted by atomic mass is 10.0. The standard InChI is InChI=1S/C23H35N7O6S/c24-15(3-1-9-27-23(25)26)19(32)29-17(12-37)21(34)30-10-2-4-18(30)20(33)28-16(22(35)36)11-13-5-7-14(31)8-6-13/h5-8,15-18,31,37H,1-4,9-12,24H2,(H,28,33)(H,29,32)(H,35,36)(H4,25,26,27). The van der Waals surface area contributed by atoms with Gasteiger partial charge in [-0.3, -0.25) is 19.4 Å². The molecule has 0 spiro atoms. The second kappa shape index (κ2) is 14.3. The summed E-state index contributed by atoms with van der Waals surface area (Å²) in [5, 5.41) is 24.1. The highest BCUT2D eigenvalue weighted by atomic mass is 32.1. The minimum absolute atomic E-state index is 0.00157. The first-order chi connectivity index (χ1) is 17.5. The number of carbonyl (C=O) groups excluding carboxylic acids is 3. The van der Waals surface area contributed by atoms with Crippen molar-refractivity contribution in [2.75, 3.05) is 18.8 Å². The first kappa shape index (κ1) is 29.7. The number of amides is 3. The predicted molar refractivity (Wildman–Crippen MR) is 140 cm³/mol. The summed E-state index contributed by atoms with van der Waals surface area (Å²) in [7, 11) is 0. The second-order valence-electron chi connectivity index (χ2n) is 8.76. The molecule has 0 radical (unpaired) electrons. The van der Waals surface area contributed by atoms with Crippen molar-refractivity contribution in [2.45, 2.75) is 56.3 Å². The van der Waals surface area contributed by atoms with E-state index in [4.69, 9.17) is 17.2 Å². The Balaban J connectivity index is 1.99. The molecule has 14 heteroatoms. The lowest BCUT2D eigenvalue weighted by molar-refractivity contribution is -0.144. The summed E-state index contributed by atoms with van der Waals surface area (Å²) < 4.78 is 0. The monoisotopic (exact) mass is 537 g/mol. The van der Waals surface area contributed by atoms with E-state index in [1.54, 1.807) is 12.1 Å². The molecule has 0 bridgehead atoms. The van der Waals surface area contributed by atoms with Gasteiger partial charge in [0.15, 0.2) is 5.96 Å². The van der Waals surface area contributed by atoms with Crippen LogP contribution >= 0.6 is 12.6 Å². The molecule has 204 valence electrons. The summed E-state index contributed by atoms with van der Waals surface area (Å²) in [5.41, 5.74) is 17.0. The molecular formula is C23H35N7O6S. The molecule has 1 saturated heterocycles. The highest BCUT2D eigenvalue weighted by Crippen LogP contribution is 2.20. The number of carbonyl (C=O) groups is 4. The Hall–Kier alpha value is -3.52. The summed E-state index contributed by atoms with van der Waals surface area (Å²) >= 11 is 4.18. The van der Waals surface area contributed by atoms with E-state index < -0.39 is 47.9 Å². The molecule has 2 rings (SSSR count). The fourth-order valence-electron chi connectivity index (χ4n) is 3.95. The number of nitrogens with one attached hydrogen (secondary N) is 2.